The van der Waals surface area contributed by atoms with Crippen molar-refractivity contribution in [1.82, 2.24) is 9.88 Å². The quantitative estimate of drug-likeness (QED) is 0.237. The minimum Gasteiger partial charge on any atom is -0.478 e. The summed E-state index contributed by atoms with van der Waals surface area (Å²) < 4.78 is 0. The van der Waals surface area contributed by atoms with Gasteiger partial charge in [0.1, 0.15) is 5.01 Å². The summed E-state index contributed by atoms with van der Waals surface area (Å²) in [6, 6.07) is 30.6. The molecule has 1 aliphatic rings. The van der Waals surface area contributed by atoms with E-state index in [4.69, 9.17) is 10.1 Å². The normalized spacial score (nSPS) is 14.1. The molecule has 190 valence electrons. The molecule has 2 aromatic heterocycles. The number of aromatic nitrogens is 1. The maximum atomic E-state index is 11.1. The first-order valence-electron chi connectivity index (χ1n) is 12.6. The van der Waals surface area contributed by atoms with Crippen molar-refractivity contribution in [2.75, 3.05) is 31.1 Å². The molecule has 0 aliphatic carbocycles. The standard InChI is InChI=1S/C31H27N3O2S2/c35-31(36)23-10-12-25(13-11-23)34-18-16-33(17-19-34)20-24-8-4-5-9-26(24)28-14-15-29(38-28)30-32-27(21-37-30)22-6-2-1-3-7-22/h1-15,21H,16-20H2,(H,35,36). The fourth-order valence-electron chi connectivity index (χ4n) is 4.84. The molecular weight excluding hydrogens is 510 g/mol. The minimum atomic E-state index is -0.888. The topological polar surface area (TPSA) is 56.7 Å². The predicted molar refractivity (Wildman–Crippen MR) is 157 cm³/mol. The highest BCUT2D eigenvalue weighted by Gasteiger charge is 2.19. The van der Waals surface area contributed by atoms with E-state index in [1.54, 1.807) is 34.8 Å². The molecular formula is C31H27N3O2S2. The smallest absolute Gasteiger partial charge is 0.335 e. The summed E-state index contributed by atoms with van der Waals surface area (Å²) in [6.45, 7) is 4.68. The molecule has 1 N–H and O–H groups in total. The van der Waals surface area contributed by atoms with Crippen LogP contribution in [-0.2, 0) is 6.54 Å². The molecule has 6 rings (SSSR count). The number of thiophene rings is 1. The van der Waals surface area contributed by atoms with Gasteiger partial charge in [-0.1, -0.05) is 54.6 Å². The largest absolute Gasteiger partial charge is 0.478 e. The van der Waals surface area contributed by atoms with Crippen LogP contribution in [0.25, 0.3) is 31.6 Å². The van der Waals surface area contributed by atoms with Crippen LogP contribution in [0.1, 0.15) is 15.9 Å². The van der Waals surface area contributed by atoms with Crippen LogP contribution in [0.15, 0.2) is 96.4 Å². The van der Waals surface area contributed by atoms with Gasteiger partial charge in [0.15, 0.2) is 0 Å². The van der Waals surface area contributed by atoms with Crippen molar-refractivity contribution in [2.45, 2.75) is 6.54 Å². The van der Waals surface area contributed by atoms with Crippen LogP contribution in [-0.4, -0.2) is 47.1 Å². The number of aromatic carboxylic acids is 1. The molecule has 7 heteroatoms. The van der Waals surface area contributed by atoms with Gasteiger partial charge in [-0.15, -0.1) is 22.7 Å². The van der Waals surface area contributed by atoms with Crippen LogP contribution in [0.3, 0.4) is 0 Å². The molecule has 3 aromatic carbocycles. The Bertz CT molecular complexity index is 1530. The molecule has 0 spiro atoms. The molecule has 1 aliphatic heterocycles. The summed E-state index contributed by atoms with van der Waals surface area (Å²) in [7, 11) is 0. The molecule has 0 saturated carbocycles. The van der Waals surface area contributed by atoms with E-state index < -0.39 is 5.97 Å². The van der Waals surface area contributed by atoms with Crippen molar-refractivity contribution in [3.8, 4) is 31.6 Å². The molecule has 0 unspecified atom stereocenters. The number of hydrogen-bond donors (Lipinski definition) is 1. The van der Waals surface area contributed by atoms with Crippen molar-refractivity contribution >= 4 is 34.3 Å². The lowest BCUT2D eigenvalue weighted by molar-refractivity contribution is 0.0697. The fourth-order valence-corrected chi connectivity index (χ4v) is 6.81. The van der Waals surface area contributed by atoms with Crippen molar-refractivity contribution < 1.29 is 9.90 Å². The summed E-state index contributed by atoms with van der Waals surface area (Å²) in [5.41, 5.74) is 6.21. The van der Waals surface area contributed by atoms with Crippen molar-refractivity contribution in [2.24, 2.45) is 0 Å². The Hall–Kier alpha value is -3.78. The van der Waals surface area contributed by atoms with Crippen molar-refractivity contribution in [1.29, 1.82) is 0 Å². The van der Waals surface area contributed by atoms with Crippen LogP contribution in [0.5, 0.6) is 0 Å². The van der Waals surface area contributed by atoms with Crippen LogP contribution in [0.2, 0.25) is 0 Å². The van der Waals surface area contributed by atoms with Gasteiger partial charge in [0.2, 0.25) is 0 Å². The Labute approximate surface area is 230 Å². The van der Waals surface area contributed by atoms with Gasteiger partial charge >= 0.3 is 5.97 Å². The second kappa shape index (κ2) is 10.9. The van der Waals surface area contributed by atoms with Gasteiger partial charge in [-0.3, -0.25) is 4.90 Å². The van der Waals surface area contributed by atoms with Gasteiger partial charge in [-0.05, 0) is 47.5 Å². The predicted octanol–water partition coefficient (Wildman–Crippen LogP) is 7.23. The van der Waals surface area contributed by atoms with Crippen LogP contribution >= 0.6 is 22.7 Å². The highest BCUT2D eigenvalue weighted by molar-refractivity contribution is 7.23. The maximum Gasteiger partial charge on any atom is 0.335 e. The van der Waals surface area contributed by atoms with Gasteiger partial charge in [0.05, 0.1) is 16.1 Å². The molecule has 38 heavy (non-hydrogen) atoms. The molecule has 0 atom stereocenters. The first-order valence-corrected chi connectivity index (χ1v) is 14.3. The molecule has 0 amide bonds. The van der Waals surface area contributed by atoms with Crippen molar-refractivity contribution in [3.63, 3.8) is 0 Å². The van der Waals surface area contributed by atoms with Gasteiger partial charge in [-0.2, -0.15) is 0 Å². The summed E-state index contributed by atoms with van der Waals surface area (Å²) in [5.74, 6) is -0.888. The average molecular weight is 538 g/mol. The van der Waals surface area contributed by atoms with Gasteiger partial charge in [0, 0.05) is 54.2 Å². The minimum absolute atomic E-state index is 0.326. The summed E-state index contributed by atoms with van der Waals surface area (Å²) in [6.07, 6.45) is 0. The Morgan fingerprint density at radius 3 is 2.29 bits per heavy atom. The zero-order valence-electron chi connectivity index (χ0n) is 20.8. The fraction of sp³-hybridized carbons (Fsp3) is 0.161. The Morgan fingerprint density at radius 2 is 1.53 bits per heavy atom. The lowest BCUT2D eigenvalue weighted by atomic mass is 10.1. The number of carboxylic acid groups (broad SMARTS) is 1. The molecule has 5 nitrogen and oxygen atoms in total. The first kappa shape index (κ1) is 24.6. The van der Waals surface area contributed by atoms with Crippen LogP contribution < -0.4 is 4.90 Å². The number of benzene rings is 3. The number of nitrogens with zero attached hydrogens (tertiary/aromatic N) is 3. The van der Waals surface area contributed by atoms with Gasteiger partial charge < -0.3 is 10.0 Å². The third-order valence-corrected chi connectivity index (χ3v) is 9.05. The molecule has 0 bridgehead atoms. The van der Waals surface area contributed by atoms with Crippen LogP contribution in [0, 0.1) is 0 Å². The van der Waals surface area contributed by atoms with Gasteiger partial charge in [-0.25, -0.2) is 9.78 Å². The van der Waals surface area contributed by atoms with Crippen LogP contribution in [0.4, 0.5) is 5.69 Å². The SMILES string of the molecule is O=C(O)c1ccc(N2CCN(Cc3ccccc3-c3ccc(-c4nc(-c5ccccc5)cs4)s3)CC2)cc1. The highest BCUT2D eigenvalue weighted by Crippen LogP contribution is 2.38. The number of rotatable bonds is 7. The van der Waals surface area contributed by atoms with E-state index in [1.165, 1.54) is 20.9 Å². The van der Waals surface area contributed by atoms with E-state index in [9.17, 15) is 4.79 Å². The zero-order chi connectivity index (χ0) is 25.9. The number of thiazole rings is 1. The lowest BCUT2D eigenvalue weighted by Gasteiger charge is -2.36. The Morgan fingerprint density at radius 1 is 0.816 bits per heavy atom. The number of piperazine rings is 1. The summed E-state index contributed by atoms with van der Waals surface area (Å²) >= 11 is 3.50. The Balaban J connectivity index is 1.13. The van der Waals surface area contributed by atoms with Crippen molar-refractivity contribution in [3.05, 3.63) is 108 Å². The zero-order valence-corrected chi connectivity index (χ0v) is 22.4. The maximum absolute atomic E-state index is 11.1. The second-order valence-electron chi connectivity index (χ2n) is 9.34. The number of anilines is 1. The second-order valence-corrected chi connectivity index (χ2v) is 11.3. The van der Waals surface area contributed by atoms with E-state index in [2.05, 4.69) is 63.7 Å². The monoisotopic (exact) mass is 537 g/mol. The molecule has 5 aromatic rings. The average Bonchev–Trinajstić information content (AvgIpc) is 3.65. The molecule has 3 heterocycles. The van der Waals surface area contributed by atoms with E-state index in [-0.39, 0.29) is 0 Å². The summed E-state index contributed by atoms with van der Waals surface area (Å²) in [5, 5.41) is 12.3. The molecule has 0 radical (unpaired) electrons. The Kier molecular flexibility index (Phi) is 7.05. The first-order chi connectivity index (χ1) is 18.6. The molecule has 1 saturated heterocycles. The number of carboxylic acids is 1. The van der Waals surface area contributed by atoms with E-state index in [1.807, 2.05) is 30.3 Å². The highest BCUT2D eigenvalue weighted by atomic mass is 32.1. The summed E-state index contributed by atoms with van der Waals surface area (Å²) in [4.78, 5) is 23.3. The number of carbonyl (C=O) groups is 1. The van der Waals surface area contributed by atoms with E-state index in [0.717, 1.165) is 54.7 Å². The third kappa shape index (κ3) is 5.27. The van der Waals surface area contributed by atoms with Gasteiger partial charge in [0.25, 0.3) is 0 Å². The lowest BCUT2D eigenvalue weighted by Crippen LogP contribution is -2.46. The van der Waals surface area contributed by atoms with E-state index in [0.29, 0.717) is 5.56 Å². The number of hydrogen-bond acceptors (Lipinski definition) is 6. The molecule has 1 fully saturated rings. The van der Waals surface area contributed by atoms with E-state index >= 15 is 0 Å². The third-order valence-electron chi connectivity index (χ3n) is 6.92.